The van der Waals surface area contributed by atoms with Crippen molar-refractivity contribution in [1.29, 1.82) is 0 Å². The van der Waals surface area contributed by atoms with Crippen LogP contribution < -0.4 is 5.32 Å². The summed E-state index contributed by atoms with van der Waals surface area (Å²) in [5, 5.41) is 2.68. The third-order valence-corrected chi connectivity index (χ3v) is 3.66. The molecule has 0 fully saturated rings. The summed E-state index contributed by atoms with van der Waals surface area (Å²) in [5.74, 6) is -1.31. The van der Waals surface area contributed by atoms with E-state index in [1.807, 2.05) is 24.3 Å². The van der Waals surface area contributed by atoms with Gasteiger partial charge in [0, 0.05) is 5.69 Å². The van der Waals surface area contributed by atoms with Crippen molar-refractivity contribution in [3.8, 4) is 0 Å². The lowest BCUT2D eigenvalue weighted by atomic mass is 9.87. The number of amides is 1. The molecule has 0 spiro atoms. The highest BCUT2D eigenvalue weighted by molar-refractivity contribution is 5.92. The molecule has 0 radical (unpaired) electrons. The van der Waals surface area contributed by atoms with Crippen LogP contribution in [0.15, 0.2) is 48.5 Å². The van der Waals surface area contributed by atoms with Crippen LogP contribution in [-0.4, -0.2) is 18.5 Å². The van der Waals surface area contributed by atoms with Crippen LogP contribution in [0, 0.1) is 5.82 Å². The molecule has 25 heavy (non-hydrogen) atoms. The number of anilines is 1. The van der Waals surface area contributed by atoms with Crippen LogP contribution in [0.4, 0.5) is 10.1 Å². The van der Waals surface area contributed by atoms with Gasteiger partial charge in [-0.15, -0.1) is 0 Å². The second-order valence-electron chi connectivity index (χ2n) is 6.84. The highest BCUT2D eigenvalue weighted by Gasteiger charge is 2.13. The minimum absolute atomic E-state index is 0.00611. The van der Waals surface area contributed by atoms with E-state index in [9.17, 15) is 14.0 Å². The van der Waals surface area contributed by atoms with Crippen LogP contribution in [0.2, 0.25) is 0 Å². The first-order chi connectivity index (χ1) is 11.7. The molecule has 1 amide bonds. The minimum atomic E-state index is -0.537. The third-order valence-electron chi connectivity index (χ3n) is 3.66. The van der Waals surface area contributed by atoms with Gasteiger partial charge in [-0.2, -0.15) is 0 Å². The van der Waals surface area contributed by atoms with Crippen molar-refractivity contribution in [2.75, 3.05) is 11.9 Å². The summed E-state index contributed by atoms with van der Waals surface area (Å²) < 4.78 is 17.7. The Bertz CT molecular complexity index is 731. The molecule has 2 aromatic carbocycles. The zero-order valence-electron chi connectivity index (χ0n) is 14.6. The van der Waals surface area contributed by atoms with Crippen LogP contribution in [0.5, 0.6) is 0 Å². The number of nitrogens with one attached hydrogen (secondary N) is 1. The lowest BCUT2D eigenvalue weighted by Gasteiger charge is -2.19. The summed E-state index contributed by atoms with van der Waals surface area (Å²) in [6.45, 7) is 5.98. The zero-order chi connectivity index (χ0) is 18.4. The normalized spacial score (nSPS) is 11.0. The topological polar surface area (TPSA) is 55.4 Å². The van der Waals surface area contributed by atoms with Crippen LogP contribution in [0.3, 0.4) is 0 Å². The Morgan fingerprint density at radius 3 is 2.16 bits per heavy atom. The summed E-state index contributed by atoms with van der Waals surface area (Å²) in [4.78, 5) is 23.6. The molecule has 4 nitrogen and oxygen atoms in total. The van der Waals surface area contributed by atoms with Crippen LogP contribution >= 0.6 is 0 Å². The van der Waals surface area contributed by atoms with E-state index < -0.39 is 11.9 Å². The van der Waals surface area contributed by atoms with Crippen LogP contribution in [0.1, 0.15) is 31.9 Å². The van der Waals surface area contributed by atoms with Gasteiger partial charge in [0.05, 0.1) is 6.42 Å². The Morgan fingerprint density at radius 2 is 1.60 bits per heavy atom. The number of benzene rings is 2. The number of carbonyl (C=O) groups excluding carboxylic acids is 2. The van der Waals surface area contributed by atoms with Crippen molar-refractivity contribution < 1.29 is 18.7 Å². The largest absolute Gasteiger partial charge is 0.455 e. The van der Waals surface area contributed by atoms with Crippen molar-refractivity contribution in [3.05, 3.63) is 65.5 Å². The quantitative estimate of drug-likeness (QED) is 0.839. The van der Waals surface area contributed by atoms with Gasteiger partial charge in [0.1, 0.15) is 5.82 Å². The summed E-state index contributed by atoms with van der Waals surface area (Å²) >= 11 is 0. The summed E-state index contributed by atoms with van der Waals surface area (Å²) in [6.07, 6.45) is -0.00611. The standard InChI is InChI=1S/C20H22FNO3/c1-20(2,3)15-6-10-17(11-7-15)22-18(23)13-25-19(24)12-14-4-8-16(21)9-5-14/h4-11H,12-13H2,1-3H3,(H,22,23). The van der Waals surface area contributed by atoms with E-state index in [4.69, 9.17) is 4.74 Å². The first kappa shape index (κ1) is 18.6. The number of ether oxygens (including phenoxy) is 1. The monoisotopic (exact) mass is 343 g/mol. The van der Waals surface area contributed by atoms with Crippen LogP contribution in [0.25, 0.3) is 0 Å². The number of hydrogen-bond acceptors (Lipinski definition) is 3. The van der Waals surface area contributed by atoms with Gasteiger partial charge in [-0.05, 0) is 40.8 Å². The highest BCUT2D eigenvalue weighted by Crippen LogP contribution is 2.23. The molecule has 0 aliphatic carbocycles. The smallest absolute Gasteiger partial charge is 0.310 e. The molecule has 0 bridgehead atoms. The molecule has 0 aliphatic rings. The number of carbonyl (C=O) groups is 2. The fourth-order valence-corrected chi connectivity index (χ4v) is 2.22. The van der Waals surface area contributed by atoms with E-state index in [0.717, 1.165) is 5.56 Å². The molecule has 0 heterocycles. The van der Waals surface area contributed by atoms with Gasteiger partial charge in [-0.3, -0.25) is 9.59 Å². The van der Waals surface area contributed by atoms with E-state index in [1.54, 1.807) is 0 Å². The summed E-state index contributed by atoms with van der Waals surface area (Å²) in [6, 6.07) is 13.1. The number of rotatable bonds is 5. The molecule has 132 valence electrons. The predicted molar refractivity (Wildman–Crippen MR) is 94.8 cm³/mol. The van der Waals surface area contributed by atoms with E-state index in [1.165, 1.54) is 24.3 Å². The van der Waals surface area contributed by atoms with Gasteiger partial charge in [-0.25, -0.2) is 4.39 Å². The third kappa shape index (κ3) is 6.03. The number of hydrogen-bond donors (Lipinski definition) is 1. The van der Waals surface area contributed by atoms with E-state index in [2.05, 4.69) is 26.1 Å². The molecular formula is C20H22FNO3. The van der Waals surface area contributed by atoms with Crippen molar-refractivity contribution in [2.24, 2.45) is 0 Å². The molecule has 2 rings (SSSR count). The molecule has 0 aliphatic heterocycles. The molecule has 1 N–H and O–H groups in total. The summed E-state index contributed by atoms with van der Waals surface area (Å²) in [7, 11) is 0. The molecule has 0 aromatic heterocycles. The Balaban J connectivity index is 1.80. The van der Waals surface area contributed by atoms with Gasteiger partial charge in [0.25, 0.3) is 5.91 Å². The first-order valence-corrected chi connectivity index (χ1v) is 8.04. The van der Waals surface area contributed by atoms with Gasteiger partial charge in [0.2, 0.25) is 0 Å². The number of halogens is 1. The Hall–Kier alpha value is -2.69. The highest BCUT2D eigenvalue weighted by atomic mass is 19.1. The SMILES string of the molecule is CC(C)(C)c1ccc(NC(=O)COC(=O)Cc2ccc(F)cc2)cc1. The van der Waals surface area contributed by atoms with Gasteiger partial charge < -0.3 is 10.1 Å². The first-order valence-electron chi connectivity index (χ1n) is 8.04. The van der Waals surface area contributed by atoms with Crippen molar-refractivity contribution in [2.45, 2.75) is 32.6 Å². The predicted octanol–water partition coefficient (Wildman–Crippen LogP) is 3.85. The fourth-order valence-electron chi connectivity index (χ4n) is 2.22. The maximum absolute atomic E-state index is 12.8. The molecule has 2 aromatic rings. The maximum Gasteiger partial charge on any atom is 0.310 e. The minimum Gasteiger partial charge on any atom is -0.455 e. The molecule has 0 atom stereocenters. The fraction of sp³-hybridized carbons (Fsp3) is 0.300. The average Bonchev–Trinajstić information content (AvgIpc) is 2.55. The van der Waals surface area contributed by atoms with Crippen LogP contribution in [-0.2, 0) is 26.2 Å². The lowest BCUT2D eigenvalue weighted by molar-refractivity contribution is -0.146. The second-order valence-corrected chi connectivity index (χ2v) is 6.84. The molecular weight excluding hydrogens is 321 g/mol. The van der Waals surface area contributed by atoms with Gasteiger partial charge in [-0.1, -0.05) is 45.0 Å². The molecule has 5 heteroatoms. The van der Waals surface area contributed by atoms with Crippen molar-refractivity contribution in [3.63, 3.8) is 0 Å². The average molecular weight is 343 g/mol. The molecule has 0 unspecified atom stereocenters. The molecule has 0 saturated carbocycles. The lowest BCUT2D eigenvalue weighted by Crippen LogP contribution is -2.21. The van der Waals surface area contributed by atoms with Gasteiger partial charge >= 0.3 is 5.97 Å². The van der Waals surface area contributed by atoms with Crippen molar-refractivity contribution >= 4 is 17.6 Å². The van der Waals surface area contributed by atoms with Crippen molar-refractivity contribution in [1.82, 2.24) is 0 Å². The zero-order valence-corrected chi connectivity index (χ0v) is 14.6. The maximum atomic E-state index is 12.8. The van der Waals surface area contributed by atoms with E-state index >= 15 is 0 Å². The Kier molecular flexibility index (Phi) is 5.91. The van der Waals surface area contributed by atoms with Gasteiger partial charge in [0.15, 0.2) is 6.61 Å². The Labute approximate surface area is 147 Å². The Morgan fingerprint density at radius 1 is 1.00 bits per heavy atom. The van der Waals surface area contributed by atoms with E-state index in [-0.39, 0.29) is 24.3 Å². The van der Waals surface area contributed by atoms with E-state index in [0.29, 0.717) is 11.3 Å². The molecule has 0 saturated heterocycles. The summed E-state index contributed by atoms with van der Waals surface area (Å²) in [5.41, 5.74) is 2.48. The number of esters is 1. The second kappa shape index (κ2) is 7.92.